The summed E-state index contributed by atoms with van der Waals surface area (Å²) in [6, 6.07) is 1.69. The molecule has 2 heterocycles. The minimum Gasteiger partial charge on any atom is -0.301 e. The molecule has 1 atom stereocenters. The van der Waals surface area contributed by atoms with Crippen LogP contribution >= 0.6 is 0 Å². The largest absolute Gasteiger partial charge is 0.301 e. The van der Waals surface area contributed by atoms with Crippen LogP contribution in [0.15, 0.2) is 0 Å². The van der Waals surface area contributed by atoms with Crippen LogP contribution in [0.5, 0.6) is 0 Å². The molecule has 2 heteroatoms. The second kappa shape index (κ2) is 5.61. The van der Waals surface area contributed by atoms with Gasteiger partial charge in [-0.05, 0) is 89.4 Å². The summed E-state index contributed by atoms with van der Waals surface area (Å²) in [5.74, 6) is 1.88. The lowest BCUT2D eigenvalue weighted by molar-refractivity contribution is 0.0947. The van der Waals surface area contributed by atoms with Gasteiger partial charge in [0.2, 0.25) is 0 Å². The highest BCUT2D eigenvalue weighted by Gasteiger charge is 2.57. The Morgan fingerprint density at radius 2 is 1.50 bits per heavy atom. The maximum Gasteiger partial charge on any atom is 0.0159 e. The molecular formula is C18H34N2. The average molecular weight is 278 g/mol. The van der Waals surface area contributed by atoms with Crippen LogP contribution in [0.1, 0.15) is 59.8 Å². The summed E-state index contributed by atoms with van der Waals surface area (Å²) < 4.78 is 0. The van der Waals surface area contributed by atoms with E-state index in [1.165, 1.54) is 58.3 Å². The molecule has 2 saturated heterocycles. The Morgan fingerprint density at radius 1 is 0.900 bits per heavy atom. The zero-order valence-electron chi connectivity index (χ0n) is 14.1. The first-order valence-electron chi connectivity index (χ1n) is 9.00. The maximum absolute atomic E-state index is 2.85. The molecule has 0 radical (unpaired) electrons. The summed E-state index contributed by atoms with van der Waals surface area (Å²) in [6.45, 7) is 14.9. The van der Waals surface area contributed by atoms with Gasteiger partial charge in [-0.1, -0.05) is 13.8 Å². The van der Waals surface area contributed by atoms with E-state index in [1.54, 1.807) is 0 Å². The van der Waals surface area contributed by atoms with E-state index in [1.807, 2.05) is 0 Å². The predicted octanol–water partition coefficient (Wildman–Crippen LogP) is 3.62. The first-order chi connectivity index (χ1) is 9.52. The maximum atomic E-state index is 2.85. The molecule has 3 rings (SSSR count). The Morgan fingerprint density at radius 3 is 2.00 bits per heavy atom. The Kier molecular flexibility index (Phi) is 4.16. The number of hydrogen-bond donors (Lipinski definition) is 0. The average Bonchev–Trinajstić information content (AvgIpc) is 3.13. The molecule has 0 aromatic carbocycles. The number of likely N-dealkylation sites (tertiary alicyclic amines) is 2. The molecule has 20 heavy (non-hydrogen) atoms. The van der Waals surface area contributed by atoms with Gasteiger partial charge in [-0.3, -0.25) is 4.90 Å². The van der Waals surface area contributed by atoms with Crippen molar-refractivity contribution in [3.05, 3.63) is 0 Å². The van der Waals surface area contributed by atoms with Gasteiger partial charge in [0, 0.05) is 12.1 Å². The van der Waals surface area contributed by atoms with E-state index >= 15 is 0 Å². The van der Waals surface area contributed by atoms with Gasteiger partial charge in [0.25, 0.3) is 0 Å². The first kappa shape index (κ1) is 14.8. The number of nitrogens with zero attached hydrogens (tertiary/aromatic N) is 2. The first-order valence-corrected chi connectivity index (χ1v) is 9.00. The third kappa shape index (κ3) is 2.78. The van der Waals surface area contributed by atoms with Gasteiger partial charge in [0.15, 0.2) is 0 Å². The van der Waals surface area contributed by atoms with E-state index < -0.39 is 0 Å². The molecule has 0 N–H and O–H groups in total. The van der Waals surface area contributed by atoms with Crippen molar-refractivity contribution >= 4 is 0 Å². The van der Waals surface area contributed by atoms with Crippen LogP contribution in [0.3, 0.4) is 0 Å². The highest BCUT2D eigenvalue weighted by atomic mass is 15.2. The third-order valence-electron chi connectivity index (χ3n) is 6.63. The van der Waals surface area contributed by atoms with Gasteiger partial charge in [-0.2, -0.15) is 0 Å². The van der Waals surface area contributed by atoms with Crippen LogP contribution in [0.4, 0.5) is 0 Å². The molecule has 0 aromatic rings. The van der Waals surface area contributed by atoms with E-state index in [4.69, 9.17) is 0 Å². The highest BCUT2D eigenvalue weighted by Crippen LogP contribution is 2.57. The second-order valence-corrected chi connectivity index (χ2v) is 8.33. The fraction of sp³-hybridized carbons (Fsp3) is 1.00. The van der Waals surface area contributed by atoms with E-state index in [2.05, 4.69) is 37.5 Å². The molecule has 1 spiro atoms. The topological polar surface area (TPSA) is 6.48 Å². The summed E-state index contributed by atoms with van der Waals surface area (Å²) in [5, 5.41) is 0. The molecule has 2 nitrogen and oxygen atoms in total. The van der Waals surface area contributed by atoms with Gasteiger partial charge in [0.1, 0.15) is 0 Å². The SMILES string of the molecule is CC(C)C1CCN(C2CC23CCN(C(C)C)CC3)CC1. The summed E-state index contributed by atoms with van der Waals surface area (Å²) >= 11 is 0. The quantitative estimate of drug-likeness (QED) is 0.778. The van der Waals surface area contributed by atoms with Crippen LogP contribution in [-0.2, 0) is 0 Å². The van der Waals surface area contributed by atoms with Crippen molar-refractivity contribution in [1.29, 1.82) is 0 Å². The molecular weight excluding hydrogens is 244 g/mol. The lowest BCUT2D eigenvalue weighted by Gasteiger charge is -2.39. The smallest absolute Gasteiger partial charge is 0.0159 e. The molecule has 0 bridgehead atoms. The number of rotatable bonds is 3. The lowest BCUT2D eigenvalue weighted by atomic mass is 9.86. The highest BCUT2D eigenvalue weighted by molar-refractivity contribution is 5.11. The van der Waals surface area contributed by atoms with Crippen LogP contribution in [-0.4, -0.2) is 48.1 Å². The molecule has 116 valence electrons. The molecule has 1 aliphatic carbocycles. The molecule has 3 fully saturated rings. The summed E-state index contributed by atoms with van der Waals surface area (Å²) in [7, 11) is 0. The minimum atomic E-state index is 0.732. The van der Waals surface area contributed by atoms with E-state index in [0.717, 1.165) is 29.3 Å². The van der Waals surface area contributed by atoms with Crippen molar-refractivity contribution in [2.24, 2.45) is 17.3 Å². The Balaban J connectivity index is 1.48. The molecule has 3 aliphatic rings. The van der Waals surface area contributed by atoms with Crippen molar-refractivity contribution in [1.82, 2.24) is 9.80 Å². The molecule has 1 unspecified atom stereocenters. The van der Waals surface area contributed by atoms with Crippen molar-refractivity contribution in [2.75, 3.05) is 26.2 Å². The minimum absolute atomic E-state index is 0.732. The van der Waals surface area contributed by atoms with Gasteiger partial charge in [-0.15, -0.1) is 0 Å². The van der Waals surface area contributed by atoms with Crippen LogP contribution in [0.2, 0.25) is 0 Å². The van der Waals surface area contributed by atoms with Crippen molar-refractivity contribution in [2.45, 2.75) is 71.9 Å². The fourth-order valence-electron chi connectivity index (χ4n) is 4.76. The second-order valence-electron chi connectivity index (χ2n) is 8.33. The van der Waals surface area contributed by atoms with Crippen molar-refractivity contribution in [3.63, 3.8) is 0 Å². The Hall–Kier alpha value is -0.0800. The van der Waals surface area contributed by atoms with Crippen molar-refractivity contribution < 1.29 is 0 Å². The van der Waals surface area contributed by atoms with Crippen molar-refractivity contribution in [3.8, 4) is 0 Å². The standard InChI is InChI=1S/C18H34N2/c1-14(2)16-5-9-20(10-6-16)17-13-18(17)7-11-19(12-8-18)15(3)4/h14-17H,5-13H2,1-4H3. The summed E-state index contributed by atoms with van der Waals surface area (Å²) in [6.07, 6.45) is 7.32. The molecule has 0 amide bonds. The van der Waals surface area contributed by atoms with E-state index in [0.29, 0.717) is 0 Å². The fourth-order valence-corrected chi connectivity index (χ4v) is 4.76. The zero-order valence-corrected chi connectivity index (χ0v) is 14.1. The van der Waals surface area contributed by atoms with Gasteiger partial charge in [-0.25, -0.2) is 0 Å². The monoisotopic (exact) mass is 278 g/mol. The Bertz CT molecular complexity index is 320. The predicted molar refractivity (Wildman–Crippen MR) is 85.9 cm³/mol. The van der Waals surface area contributed by atoms with Crippen LogP contribution in [0, 0.1) is 17.3 Å². The number of piperidine rings is 2. The third-order valence-corrected chi connectivity index (χ3v) is 6.63. The Labute approximate surface area is 125 Å². The normalized spacial score (nSPS) is 32.4. The molecule has 2 aliphatic heterocycles. The van der Waals surface area contributed by atoms with E-state index in [-0.39, 0.29) is 0 Å². The zero-order chi connectivity index (χ0) is 14.3. The lowest BCUT2D eigenvalue weighted by Crippen LogP contribution is -2.43. The van der Waals surface area contributed by atoms with Gasteiger partial charge >= 0.3 is 0 Å². The van der Waals surface area contributed by atoms with Gasteiger partial charge in [0.05, 0.1) is 0 Å². The van der Waals surface area contributed by atoms with Crippen LogP contribution < -0.4 is 0 Å². The molecule has 0 aromatic heterocycles. The number of hydrogen-bond acceptors (Lipinski definition) is 2. The van der Waals surface area contributed by atoms with E-state index in [9.17, 15) is 0 Å². The molecule has 1 saturated carbocycles. The summed E-state index contributed by atoms with van der Waals surface area (Å²) in [4.78, 5) is 5.52. The van der Waals surface area contributed by atoms with Crippen LogP contribution in [0.25, 0.3) is 0 Å². The summed E-state index contributed by atoms with van der Waals surface area (Å²) in [5.41, 5.74) is 0.732. The van der Waals surface area contributed by atoms with Gasteiger partial charge < -0.3 is 4.90 Å².